The average molecular weight is 522 g/mol. The molecule has 0 bridgehead atoms. The number of rotatable bonds is 8. The van der Waals surface area contributed by atoms with Crippen molar-refractivity contribution < 1.29 is 19.1 Å². The van der Waals surface area contributed by atoms with Crippen molar-refractivity contribution in [1.29, 1.82) is 5.26 Å². The first-order valence-electron chi connectivity index (χ1n) is 13.3. The summed E-state index contributed by atoms with van der Waals surface area (Å²) >= 11 is 0. The summed E-state index contributed by atoms with van der Waals surface area (Å²) in [4.78, 5) is 30.9. The summed E-state index contributed by atoms with van der Waals surface area (Å²) < 4.78 is 13.7. The number of amides is 2. The van der Waals surface area contributed by atoms with E-state index in [-0.39, 0.29) is 35.9 Å². The minimum atomic E-state index is -0.839. The fourth-order valence-corrected chi connectivity index (χ4v) is 5.66. The second kappa shape index (κ2) is 12.7. The summed E-state index contributed by atoms with van der Waals surface area (Å²) in [6.07, 6.45) is 1.87. The predicted molar refractivity (Wildman–Crippen MR) is 143 cm³/mol. The Hall–Kier alpha value is -3.64. The number of benzene rings is 2. The molecular weight excluding hydrogens is 485 g/mol. The van der Waals surface area contributed by atoms with Gasteiger partial charge in [0.2, 0.25) is 0 Å². The van der Waals surface area contributed by atoms with Gasteiger partial charge in [0, 0.05) is 44.5 Å². The van der Waals surface area contributed by atoms with E-state index in [9.17, 15) is 19.1 Å². The molecule has 38 heavy (non-hydrogen) atoms. The van der Waals surface area contributed by atoms with Crippen molar-refractivity contribution in [2.24, 2.45) is 11.8 Å². The molecule has 8 nitrogen and oxygen atoms in total. The van der Waals surface area contributed by atoms with Gasteiger partial charge < -0.3 is 20.2 Å². The molecule has 2 N–H and O–H groups in total. The van der Waals surface area contributed by atoms with Crippen LogP contribution in [0.25, 0.3) is 0 Å². The number of carboxylic acid groups (broad SMARTS) is 1. The molecule has 2 heterocycles. The van der Waals surface area contributed by atoms with Gasteiger partial charge in [0.15, 0.2) is 0 Å². The molecule has 2 aromatic carbocycles. The summed E-state index contributed by atoms with van der Waals surface area (Å²) in [6, 6.07) is 16.4. The Kier molecular flexibility index (Phi) is 9.19. The number of piperazine rings is 1. The third-order valence-corrected chi connectivity index (χ3v) is 7.82. The summed E-state index contributed by atoms with van der Waals surface area (Å²) in [5.41, 5.74) is 2.04. The Morgan fingerprint density at radius 2 is 1.87 bits per heavy atom. The van der Waals surface area contributed by atoms with E-state index in [0.717, 1.165) is 38.2 Å². The standard InChI is InChI=1S/C29H36FN5O3/c1-21-19-34(26-7-8-27(30)24(15-26)17-31)13-14-35(21)29(38)32-18-25(16-28(36)37)23-9-11-33(12-10-23)20-22-5-3-2-4-6-22/h2-8,15,21,23,25H,9-14,16,18-20H2,1H3,(H,32,38)(H,36,37)/t21-,25-/m1/s1. The maximum atomic E-state index is 13.7. The number of urea groups is 1. The normalized spacial score (nSPS) is 19.6. The number of nitriles is 1. The molecule has 0 unspecified atom stereocenters. The lowest BCUT2D eigenvalue weighted by Crippen LogP contribution is -2.57. The highest BCUT2D eigenvalue weighted by Gasteiger charge is 2.31. The Balaban J connectivity index is 1.28. The lowest BCUT2D eigenvalue weighted by atomic mass is 9.82. The highest BCUT2D eigenvalue weighted by atomic mass is 19.1. The molecule has 0 radical (unpaired) electrons. The van der Waals surface area contributed by atoms with E-state index in [1.54, 1.807) is 17.0 Å². The van der Waals surface area contributed by atoms with Gasteiger partial charge >= 0.3 is 12.0 Å². The Morgan fingerprint density at radius 3 is 2.53 bits per heavy atom. The van der Waals surface area contributed by atoms with Crippen LogP contribution in [0.5, 0.6) is 0 Å². The molecule has 2 saturated heterocycles. The van der Waals surface area contributed by atoms with Crippen molar-refractivity contribution >= 4 is 17.7 Å². The molecule has 9 heteroatoms. The van der Waals surface area contributed by atoms with Crippen LogP contribution in [0, 0.1) is 29.0 Å². The topological polar surface area (TPSA) is 99.9 Å². The third kappa shape index (κ3) is 7.01. The van der Waals surface area contributed by atoms with Crippen LogP contribution in [-0.2, 0) is 11.3 Å². The van der Waals surface area contributed by atoms with Crippen LogP contribution in [-0.4, -0.2) is 72.2 Å². The molecule has 2 aromatic rings. The maximum Gasteiger partial charge on any atom is 0.317 e. The molecule has 2 aliphatic rings. The number of carbonyl (C=O) groups is 2. The monoisotopic (exact) mass is 521 g/mol. The maximum absolute atomic E-state index is 13.7. The first-order chi connectivity index (χ1) is 18.3. The first kappa shape index (κ1) is 27.4. The molecule has 2 atom stereocenters. The van der Waals surface area contributed by atoms with Gasteiger partial charge in [0.1, 0.15) is 11.9 Å². The number of aliphatic carboxylic acids is 1. The number of nitrogens with zero attached hydrogens (tertiary/aromatic N) is 4. The molecule has 2 amide bonds. The molecule has 0 aliphatic carbocycles. The van der Waals surface area contributed by atoms with Crippen molar-refractivity contribution in [3.8, 4) is 6.07 Å². The molecule has 0 saturated carbocycles. The zero-order valence-electron chi connectivity index (χ0n) is 21.9. The van der Waals surface area contributed by atoms with E-state index >= 15 is 0 Å². The number of hydrogen-bond acceptors (Lipinski definition) is 5. The van der Waals surface area contributed by atoms with Crippen molar-refractivity contribution in [2.75, 3.05) is 44.2 Å². The Morgan fingerprint density at radius 1 is 1.13 bits per heavy atom. The molecule has 202 valence electrons. The number of piperidine rings is 1. The van der Waals surface area contributed by atoms with E-state index in [4.69, 9.17) is 5.26 Å². The average Bonchev–Trinajstić information content (AvgIpc) is 2.92. The smallest absolute Gasteiger partial charge is 0.317 e. The van der Waals surface area contributed by atoms with Crippen LogP contribution in [0.1, 0.15) is 37.3 Å². The van der Waals surface area contributed by atoms with E-state index in [0.29, 0.717) is 26.2 Å². The number of hydrogen-bond donors (Lipinski definition) is 2. The summed E-state index contributed by atoms with van der Waals surface area (Å²) in [5, 5.41) is 21.7. The second-order valence-corrected chi connectivity index (χ2v) is 10.4. The number of likely N-dealkylation sites (tertiary alicyclic amines) is 1. The number of nitrogens with one attached hydrogen (secondary N) is 1. The first-order valence-corrected chi connectivity index (χ1v) is 13.3. The molecular formula is C29H36FN5O3. The predicted octanol–water partition coefficient (Wildman–Crippen LogP) is 3.92. The molecule has 2 aliphatic heterocycles. The Bertz CT molecular complexity index is 1150. The lowest BCUT2D eigenvalue weighted by Gasteiger charge is -2.41. The van der Waals surface area contributed by atoms with E-state index < -0.39 is 11.8 Å². The molecule has 0 spiro atoms. The van der Waals surface area contributed by atoms with Gasteiger partial charge in [0.25, 0.3) is 0 Å². The number of halogens is 1. The van der Waals surface area contributed by atoms with Gasteiger partial charge in [-0.3, -0.25) is 9.69 Å². The zero-order valence-corrected chi connectivity index (χ0v) is 21.9. The summed E-state index contributed by atoms with van der Waals surface area (Å²) in [6.45, 7) is 6.62. The summed E-state index contributed by atoms with van der Waals surface area (Å²) in [5.74, 6) is -1.25. The quantitative estimate of drug-likeness (QED) is 0.546. The largest absolute Gasteiger partial charge is 0.481 e. The van der Waals surface area contributed by atoms with Crippen molar-refractivity contribution in [2.45, 2.75) is 38.8 Å². The molecule has 4 rings (SSSR count). The molecule has 2 fully saturated rings. The van der Waals surface area contributed by atoms with Crippen LogP contribution in [0.2, 0.25) is 0 Å². The minimum absolute atomic E-state index is 0.00528. The zero-order chi connectivity index (χ0) is 27.1. The van der Waals surface area contributed by atoms with Crippen LogP contribution in [0.3, 0.4) is 0 Å². The lowest BCUT2D eigenvalue weighted by molar-refractivity contribution is -0.138. The Labute approximate surface area is 223 Å². The fraction of sp³-hybridized carbons (Fsp3) is 0.483. The van der Waals surface area contributed by atoms with Crippen LogP contribution < -0.4 is 10.2 Å². The van der Waals surface area contributed by atoms with Crippen LogP contribution in [0.4, 0.5) is 14.9 Å². The van der Waals surface area contributed by atoms with Gasteiger partial charge in [-0.05, 0) is 68.5 Å². The highest BCUT2D eigenvalue weighted by Crippen LogP contribution is 2.28. The van der Waals surface area contributed by atoms with Gasteiger partial charge in [-0.1, -0.05) is 30.3 Å². The van der Waals surface area contributed by atoms with Crippen molar-refractivity contribution in [1.82, 2.24) is 15.1 Å². The van der Waals surface area contributed by atoms with E-state index in [1.165, 1.54) is 11.6 Å². The third-order valence-electron chi connectivity index (χ3n) is 7.82. The van der Waals surface area contributed by atoms with Crippen LogP contribution in [0.15, 0.2) is 48.5 Å². The van der Waals surface area contributed by atoms with Crippen molar-refractivity contribution in [3.63, 3.8) is 0 Å². The van der Waals surface area contributed by atoms with Gasteiger partial charge in [0.05, 0.1) is 12.0 Å². The fourth-order valence-electron chi connectivity index (χ4n) is 5.66. The molecule has 0 aromatic heterocycles. The van der Waals surface area contributed by atoms with Crippen molar-refractivity contribution in [3.05, 3.63) is 65.5 Å². The van der Waals surface area contributed by atoms with E-state index in [1.807, 2.05) is 36.1 Å². The van der Waals surface area contributed by atoms with Gasteiger partial charge in [-0.2, -0.15) is 5.26 Å². The van der Waals surface area contributed by atoms with Crippen LogP contribution >= 0.6 is 0 Å². The highest BCUT2D eigenvalue weighted by molar-refractivity contribution is 5.75. The van der Waals surface area contributed by atoms with Gasteiger partial charge in [-0.15, -0.1) is 0 Å². The number of carbonyl (C=O) groups excluding carboxylic acids is 1. The number of anilines is 1. The van der Waals surface area contributed by atoms with E-state index in [2.05, 4.69) is 22.3 Å². The SMILES string of the molecule is C[C@@H]1CN(c2ccc(F)c(C#N)c2)CCN1C(=O)NC[C@@H](CC(=O)O)C1CCN(Cc2ccccc2)CC1. The summed E-state index contributed by atoms with van der Waals surface area (Å²) in [7, 11) is 0. The van der Waals surface area contributed by atoms with Gasteiger partial charge in [-0.25, -0.2) is 9.18 Å². The minimum Gasteiger partial charge on any atom is -0.481 e. The number of carboxylic acids is 1. The second-order valence-electron chi connectivity index (χ2n) is 10.4.